The van der Waals surface area contributed by atoms with Crippen molar-refractivity contribution in [2.24, 2.45) is 0 Å². The van der Waals surface area contributed by atoms with Gasteiger partial charge in [-0.05, 0) is 40.5 Å². The van der Waals surface area contributed by atoms with Crippen LogP contribution in [0, 0.1) is 0 Å². The summed E-state index contributed by atoms with van der Waals surface area (Å²) in [6.07, 6.45) is 0.493. The summed E-state index contributed by atoms with van der Waals surface area (Å²) in [6, 6.07) is 5.71. The van der Waals surface area contributed by atoms with E-state index < -0.39 is 0 Å². The lowest BCUT2D eigenvalue weighted by Crippen LogP contribution is -1.95. The van der Waals surface area contributed by atoms with E-state index >= 15 is 0 Å². The minimum absolute atomic E-state index is 0.175. The molecule has 0 heterocycles. The highest BCUT2D eigenvalue weighted by Gasteiger charge is 2.00. The SMILES string of the molecule is CC(=O)Cc1ccc(S)c(Br)c1. The zero-order valence-electron chi connectivity index (χ0n) is 6.67. The Morgan fingerprint density at radius 1 is 1.58 bits per heavy atom. The molecule has 0 aromatic heterocycles. The van der Waals surface area contributed by atoms with Crippen molar-refractivity contribution in [3.63, 3.8) is 0 Å². The van der Waals surface area contributed by atoms with E-state index in [2.05, 4.69) is 28.6 Å². The Kier molecular flexibility index (Phi) is 3.35. The molecule has 1 aromatic carbocycles. The largest absolute Gasteiger partial charge is 0.300 e. The molecule has 0 saturated carbocycles. The highest BCUT2D eigenvalue weighted by atomic mass is 79.9. The number of Topliss-reactive ketones (excluding diaryl/α,β-unsaturated/α-hetero) is 1. The smallest absolute Gasteiger partial charge is 0.134 e. The first-order chi connectivity index (χ1) is 5.59. The fourth-order valence-corrected chi connectivity index (χ4v) is 1.51. The maximum Gasteiger partial charge on any atom is 0.134 e. The molecule has 1 aromatic rings. The van der Waals surface area contributed by atoms with Gasteiger partial charge >= 0.3 is 0 Å². The van der Waals surface area contributed by atoms with Crippen molar-refractivity contribution in [2.75, 3.05) is 0 Å². The molecule has 0 radical (unpaired) electrons. The molecule has 0 saturated heterocycles. The van der Waals surface area contributed by atoms with Gasteiger partial charge in [0, 0.05) is 15.8 Å². The normalized spacial score (nSPS) is 9.92. The van der Waals surface area contributed by atoms with E-state index in [1.54, 1.807) is 6.92 Å². The van der Waals surface area contributed by atoms with Gasteiger partial charge in [-0.2, -0.15) is 0 Å². The fraction of sp³-hybridized carbons (Fsp3) is 0.222. The van der Waals surface area contributed by atoms with Crippen molar-refractivity contribution in [3.8, 4) is 0 Å². The van der Waals surface area contributed by atoms with Crippen LogP contribution in [-0.4, -0.2) is 5.78 Å². The molecule has 12 heavy (non-hydrogen) atoms. The van der Waals surface area contributed by atoms with Gasteiger partial charge in [0.1, 0.15) is 5.78 Å². The molecule has 0 aliphatic heterocycles. The number of thiol groups is 1. The van der Waals surface area contributed by atoms with E-state index in [4.69, 9.17) is 0 Å². The summed E-state index contributed by atoms with van der Waals surface area (Å²) in [5.74, 6) is 0.175. The Hall–Kier alpha value is -0.280. The van der Waals surface area contributed by atoms with Crippen LogP contribution in [0.2, 0.25) is 0 Å². The molecule has 0 fully saturated rings. The molecule has 3 heteroatoms. The van der Waals surface area contributed by atoms with Crippen LogP contribution in [0.5, 0.6) is 0 Å². The lowest BCUT2D eigenvalue weighted by Gasteiger charge is -2.00. The van der Waals surface area contributed by atoms with Crippen LogP contribution in [-0.2, 0) is 11.2 Å². The zero-order valence-corrected chi connectivity index (χ0v) is 9.15. The second-order valence-electron chi connectivity index (χ2n) is 2.66. The van der Waals surface area contributed by atoms with Gasteiger partial charge in [0.25, 0.3) is 0 Å². The van der Waals surface area contributed by atoms with Gasteiger partial charge in [-0.3, -0.25) is 4.79 Å². The molecule has 0 aliphatic carbocycles. The van der Waals surface area contributed by atoms with Gasteiger partial charge in [0.15, 0.2) is 0 Å². The van der Waals surface area contributed by atoms with Crippen LogP contribution >= 0.6 is 28.6 Å². The van der Waals surface area contributed by atoms with Gasteiger partial charge in [-0.15, -0.1) is 12.6 Å². The Morgan fingerprint density at radius 2 is 2.25 bits per heavy atom. The maximum atomic E-state index is 10.8. The molecule has 0 bridgehead atoms. The topological polar surface area (TPSA) is 17.1 Å². The fourth-order valence-electron chi connectivity index (χ4n) is 0.948. The molecular weight excluding hydrogens is 236 g/mol. The third-order valence-electron chi connectivity index (χ3n) is 1.47. The number of benzene rings is 1. The zero-order chi connectivity index (χ0) is 9.14. The van der Waals surface area contributed by atoms with Crippen LogP contribution in [0.4, 0.5) is 0 Å². The summed E-state index contributed by atoms with van der Waals surface area (Å²) in [5.41, 5.74) is 1.02. The quantitative estimate of drug-likeness (QED) is 0.793. The van der Waals surface area contributed by atoms with E-state index in [0.717, 1.165) is 14.9 Å². The van der Waals surface area contributed by atoms with E-state index in [0.29, 0.717) is 6.42 Å². The molecule has 0 atom stereocenters. The van der Waals surface area contributed by atoms with Crippen LogP contribution in [0.25, 0.3) is 0 Å². The summed E-state index contributed by atoms with van der Waals surface area (Å²) < 4.78 is 0.935. The minimum Gasteiger partial charge on any atom is -0.300 e. The molecule has 1 nitrogen and oxygen atoms in total. The van der Waals surface area contributed by atoms with Gasteiger partial charge in [-0.1, -0.05) is 6.07 Å². The Morgan fingerprint density at radius 3 is 2.75 bits per heavy atom. The molecule has 0 spiro atoms. The van der Waals surface area contributed by atoms with Gasteiger partial charge in [-0.25, -0.2) is 0 Å². The van der Waals surface area contributed by atoms with Crippen molar-refractivity contribution < 1.29 is 4.79 Å². The van der Waals surface area contributed by atoms with Crippen molar-refractivity contribution in [1.29, 1.82) is 0 Å². The predicted molar refractivity (Wildman–Crippen MR) is 55.8 cm³/mol. The lowest BCUT2D eigenvalue weighted by atomic mass is 10.1. The Bertz CT molecular complexity index is 309. The average molecular weight is 245 g/mol. The third-order valence-corrected chi connectivity index (χ3v) is 2.82. The number of rotatable bonds is 2. The van der Waals surface area contributed by atoms with E-state index in [1.165, 1.54) is 0 Å². The lowest BCUT2D eigenvalue weighted by molar-refractivity contribution is -0.116. The monoisotopic (exact) mass is 244 g/mol. The van der Waals surface area contributed by atoms with Crippen molar-refractivity contribution in [2.45, 2.75) is 18.2 Å². The minimum atomic E-state index is 0.175. The molecule has 64 valence electrons. The standard InChI is InChI=1S/C9H9BrOS/c1-6(11)4-7-2-3-9(12)8(10)5-7/h2-3,5,12H,4H2,1H3. The molecule has 0 N–H and O–H groups in total. The Balaban J connectivity index is 2.89. The average Bonchev–Trinajstić information content (AvgIpc) is 1.96. The van der Waals surface area contributed by atoms with E-state index in [9.17, 15) is 4.79 Å². The predicted octanol–water partition coefficient (Wildman–Crippen LogP) is 2.87. The number of hydrogen-bond donors (Lipinski definition) is 1. The van der Waals surface area contributed by atoms with Gasteiger partial charge < -0.3 is 0 Å². The number of carbonyl (C=O) groups excluding carboxylic acids is 1. The maximum absolute atomic E-state index is 10.8. The van der Waals surface area contributed by atoms with Crippen LogP contribution in [0.1, 0.15) is 12.5 Å². The van der Waals surface area contributed by atoms with Gasteiger partial charge in [0.05, 0.1) is 0 Å². The summed E-state index contributed by atoms with van der Waals surface area (Å²) in [4.78, 5) is 11.7. The number of hydrogen-bond acceptors (Lipinski definition) is 2. The first kappa shape index (κ1) is 9.81. The van der Waals surface area contributed by atoms with Crippen LogP contribution in [0.3, 0.4) is 0 Å². The number of carbonyl (C=O) groups is 1. The van der Waals surface area contributed by atoms with E-state index in [-0.39, 0.29) is 5.78 Å². The van der Waals surface area contributed by atoms with Crippen LogP contribution in [0.15, 0.2) is 27.6 Å². The highest BCUT2D eigenvalue weighted by molar-refractivity contribution is 9.10. The number of ketones is 1. The molecular formula is C9H9BrOS. The van der Waals surface area contributed by atoms with Crippen molar-refractivity contribution in [1.82, 2.24) is 0 Å². The first-order valence-electron chi connectivity index (χ1n) is 3.56. The molecule has 0 aliphatic rings. The van der Waals surface area contributed by atoms with E-state index in [1.807, 2.05) is 18.2 Å². The molecule has 0 amide bonds. The summed E-state index contributed by atoms with van der Waals surface area (Å²) >= 11 is 7.55. The summed E-state index contributed by atoms with van der Waals surface area (Å²) in [5, 5.41) is 0. The molecule has 1 rings (SSSR count). The second kappa shape index (κ2) is 4.10. The molecule has 0 unspecified atom stereocenters. The third kappa shape index (κ3) is 2.64. The van der Waals surface area contributed by atoms with Crippen molar-refractivity contribution in [3.05, 3.63) is 28.2 Å². The van der Waals surface area contributed by atoms with Gasteiger partial charge in [0.2, 0.25) is 0 Å². The van der Waals surface area contributed by atoms with Crippen LogP contribution < -0.4 is 0 Å². The highest BCUT2D eigenvalue weighted by Crippen LogP contribution is 2.21. The first-order valence-corrected chi connectivity index (χ1v) is 4.80. The summed E-state index contributed by atoms with van der Waals surface area (Å²) in [6.45, 7) is 1.59. The number of halogens is 1. The second-order valence-corrected chi connectivity index (χ2v) is 4.00. The summed E-state index contributed by atoms with van der Waals surface area (Å²) in [7, 11) is 0. The Labute approximate surface area is 85.7 Å². The van der Waals surface area contributed by atoms with Crippen molar-refractivity contribution >= 4 is 34.3 Å².